The predicted molar refractivity (Wildman–Crippen MR) is 121 cm³/mol. The second-order valence-electron chi connectivity index (χ2n) is 7.18. The van der Waals surface area contributed by atoms with Crippen molar-refractivity contribution in [2.45, 2.75) is 13.5 Å². The van der Waals surface area contributed by atoms with Gasteiger partial charge in [0.15, 0.2) is 0 Å². The Hall–Kier alpha value is -3.99. The maximum atomic E-state index is 13.1. The Balaban J connectivity index is 1.57. The van der Waals surface area contributed by atoms with Gasteiger partial charge in [0.25, 0.3) is 5.91 Å². The van der Waals surface area contributed by atoms with E-state index < -0.39 is 0 Å². The summed E-state index contributed by atoms with van der Waals surface area (Å²) < 4.78 is 19.1. The lowest BCUT2D eigenvalue weighted by Crippen LogP contribution is -2.17. The normalized spacial score (nSPS) is 11.0. The van der Waals surface area contributed by atoms with Gasteiger partial charge in [-0.3, -0.25) is 4.79 Å². The summed E-state index contributed by atoms with van der Waals surface area (Å²) in [6, 6.07) is 25.2. The average molecular weight is 412 g/mol. The third kappa shape index (κ3) is 4.95. The average Bonchev–Trinajstić information content (AvgIpc) is 2.79. The van der Waals surface area contributed by atoms with E-state index in [-0.39, 0.29) is 18.3 Å². The van der Waals surface area contributed by atoms with E-state index in [1.165, 1.54) is 12.1 Å². The first-order valence-corrected chi connectivity index (χ1v) is 9.89. The zero-order valence-corrected chi connectivity index (χ0v) is 17.0. The van der Waals surface area contributed by atoms with Crippen LogP contribution in [0.1, 0.15) is 27.0 Å². The Morgan fingerprint density at radius 3 is 2.48 bits per heavy atom. The van der Waals surface area contributed by atoms with Crippen molar-refractivity contribution in [1.29, 1.82) is 0 Å². The molecule has 0 aliphatic heterocycles. The predicted octanol–water partition coefficient (Wildman–Crippen LogP) is 5.63. The number of halogens is 1. The second kappa shape index (κ2) is 9.22. The molecule has 0 bridgehead atoms. The topological polar surface area (TPSA) is 50.7 Å². The third-order valence-corrected chi connectivity index (χ3v) is 4.91. The van der Waals surface area contributed by atoms with E-state index >= 15 is 0 Å². The number of hydrogen-bond acceptors (Lipinski definition) is 3. The highest BCUT2D eigenvalue weighted by Gasteiger charge is 2.09. The number of hydrazone groups is 1. The number of rotatable bonds is 6. The molecule has 0 aliphatic rings. The first-order chi connectivity index (χ1) is 15.1. The Morgan fingerprint density at radius 2 is 1.71 bits per heavy atom. The van der Waals surface area contributed by atoms with E-state index in [9.17, 15) is 9.18 Å². The fourth-order valence-electron chi connectivity index (χ4n) is 3.20. The van der Waals surface area contributed by atoms with E-state index in [0.29, 0.717) is 11.3 Å². The van der Waals surface area contributed by atoms with Crippen molar-refractivity contribution in [1.82, 2.24) is 5.43 Å². The Kier molecular flexibility index (Phi) is 6.03. The Bertz CT molecular complexity index is 1230. The summed E-state index contributed by atoms with van der Waals surface area (Å²) in [5.41, 5.74) is 5.80. The maximum absolute atomic E-state index is 13.1. The molecule has 31 heavy (non-hydrogen) atoms. The number of fused-ring (bicyclic) bond motifs is 1. The summed E-state index contributed by atoms with van der Waals surface area (Å²) in [5, 5.41) is 6.15. The fourth-order valence-corrected chi connectivity index (χ4v) is 3.20. The van der Waals surface area contributed by atoms with Gasteiger partial charge in [-0.05, 0) is 53.6 Å². The van der Waals surface area contributed by atoms with Crippen LogP contribution in [-0.2, 0) is 6.61 Å². The third-order valence-electron chi connectivity index (χ3n) is 4.91. The van der Waals surface area contributed by atoms with Crippen LogP contribution in [0.5, 0.6) is 5.75 Å². The summed E-state index contributed by atoms with van der Waals surface area (Å²) >= 11 is 0. The molecule has 0 fully saturated rings. The molecule has 0 radical (unpaired) electrons. The molecule has 0 heterocycles. The molecular formula is C26H21FN2O2. The van der Waals surface area contributed by atoms with Crippen molar-refractivity contribution >= 4 is 22.9 Å². The highest BCUT2D eigenvalue weighted by molar-refractivity contribution is 6.03. The minimum atomic E-state index is -0.287. The molecule has 0 saturated carbocycles. The molecule has 0 atom stereocenters. The van der Waals surface area contributed by atoms with Crippen LogP contribution in [0.15, 0.2) is 90.0 Å². The van der Waals surface area contributed by atoms with Crippen molar-refractivity contribution in [3.63, 3.8) is 0 Å². The smallest absolute Gasteiger partial charge is 0.271 e. The summed E-state index contributed by atoms with van der Waals surface area (Å²) in [4.78, 5) is 12.3. The summed E-state index contributed by atoms with van der Waals surface area (Å²) in [5.74, 6) is 0.0493. The van der Waals surface area contributed by atoms with Crippen LogP contribution < -0.4 is 10.2 Å². The molecule has 5 heteroatoms. The molecule has 1 amide bonds. The van der Waals surface area contributed by atoms with E-state index in [2.05, 4.69) is 10.5 Å². The minimum Gasteiger partial charge on any atom is -0.488 e. The number of nitrogens with one attached hydrogen (secondary N) is 1. The van der Waals surface area contributed by atoms with Gasteiger partial charge in [0.05, 0.1) is 6.21 Å². The van der Waals surface area contributed by atoms with Crippen LogP contribution >= 0.6 is 0 Å². The lowest BCUT2D eigenvalue weighted by Gasteiger charge is -2.12. The number of benzene rings is 4. The van der Waals surface area contributed by atoms with Gasteiger partial charge in [-0.15, -0.1) is 0 Å². The minimum absolute atomic E-state index is 0.286. The molecule has 0 unspecified atom stereocenters. The highest BCUT2D eigenvalue weighted by atomic mass is 19.1. The van der Waals surface area contributed by atoms with Gasteiger partial charge in [0, 0.05) is 11.1 Å². The van der Waals surface area contributed by atoms with Gasteiger partial charge in [0.2, 0.25) is 0 Å². The lowest BCUT2D eigenvalue weighted by atomic mass is 10.0. The summed E-state index contributed by atoms with van der Waals surface area (Å²) in [6.45, 7) is 2.25. The maximum Gasteiger partial charge on any atom is 0.271 e. The largest absolute Gasteiger partial charge is 0.488 e. The van der Waals surface area contributed by atoms with Crippen LogP contribution in [0.2, 0.25) is 0 Å². The SMILES string of the molecule is Cc1ccc(C(=O)N/N=C\c2c(OCc3ccc(F)cc3)ccc3ccccc23)cc1. The number of hydrogen-bond donors (Lipinski definition) is 1. The van der Waals surface area contributed by atoms with Gasteiger partial charge in [-0.25, -0.2) is 9.82 Å². The molecule has 0 spiro atoms. The first-order valence-electron chi connectivity index (χ1n) is 9.89. The molecule has 154 valence electrons. The zero-order valence-electron chi connectivity index (χ0n) is 17.0. The number of carbonyl (C=O) groups excluding carboxylic acids is 1. The van der Waals surface area contributed by atoms with Crippen LogP contribution in [0, 0.1) is 12.7 Å². The Labute approximate surface area is 180 Å². The molecule has 4 aromatic rings. The van der Waals surface area contributed by atoms with Crippen LogP contribution in [0.3, 0.4) is 0 Å². The Morgan fingerprint density at radius 1 is 0.968 bits per heavy atom. The number of aryl methyl sites for hydroxylation is 1. The first kappa shape index (κ1) is 20.3. The van der Waals surface area contributed by atoms with Crippen molar-refractivity contribution in [2.24, 2.45) is 5.10 Å². The fraction of sp³-hybridized carbons (Fsp3) is 0.0769. The van der Waals surface area contributed by atoms with E-state index in [0.717, 1.165) is 27.5 Å². The number of nitrogens with zero attached hydrogens (tertiary/aromatic N) is 1. The molecule has 4 nitrogen and oxygen atoms in total. The molecule has 0 aromatic heterocycles. The standard InChI is InChI=1S/C26H21FN2O2/c1-18-6-10-21(11-7-18)26(30)29-28-16-24-23-5-3-2-4-20(23)12-15-25(24)31-17-19-8-13-22(27)14-9-19/h2-16H,17H2,1H3,(H,29,30)/b28-16-. The number of amides is 1. The monoisotopic (exact) mass is 412 g/mol. The van der Waals surface area contributed by atoms with Crippen LogP contribution in [-0.4, -0.2) is 12.1 Å². The number of ether oxygens (including phenoxy) is 1. The van der Waals surface area contributed by atoms with Gasteiger partial charge in [-0.1, -0.05) is 60.2 Å². The van der Waals surface area contributed by atoms with Gasteiger partial charge >= 0.3 is 0 Å². The van der Waals surface area contributed by atoms with Crippen molar-refractivity contribution < 1.29 is 13.9 Å². The highest BCUT2D eigenvalue weighted by Crippen LogP contribution is 2.27. The molecular weight excluding hydrogens is 391 g/mol. The van der Waals surface area contributed by atoms with E-state index in [1.807, 2.05) is 55.5 Å². The molecule has 1 N–H and O–H groups in total. The van der Waals surface area contributed by atoms with Gasteiger partial charge in [-0.2, -0.15) is 5.10 Å². The van der Waals surface area contributed by atoms with Gasteiger partial charge in [0.1, 0.15) is 18.2 Å². The van der Waals surface area contributed by atoms with Crippen LogP contribution in [0.25, 0.3) is 10.8 Å². The molecule has 4 aromatic carbocycles. The lowest BCUT2D eigenvalue weighted by molar-refractivity contribution is 0.0955. The molecule has 4 rings (SSSR count). The quantitative estimate of drug-likeness (QED) is 0.330. The summed E-state index contributed by atoms with van der Waals surface area (Å²) in [6.07, 6.45) is 1.59. The van der Waals surface area contributed by atoms with E-state index in [4.69, 9.17) is 4.74 Å². The van der Waals surface area contributed by atoms with Crippen molar-refractivity contribution in [3.8, 4) is 5.75 Å². The number of carbonyl (C=O) groups is 1. The van der Waals surface area contributed by atoms with Crippen molar-refractivity contribution in [2.75, 3.05) is 0 Å². The zero-order chi connectivity index (χ0) is 21.6. The van der Waals surface area contributed by atoms with Crippen molar-refractivity contribution in [3.05, 3.63) is 113 Å². The summed E-state index contributed by atoms with van der Waals surface area (Å²) in [7, 11) is 0. The van der Waals surface area contributed by atoms with Crippen LogP contribution in [0.4, 0.5) is 4.39 Å². The van der Waals surface area contributed by atoms with Gasteiger partial charge < -0.3 is 4.74 Å². The molecule has 0 saturated heterocycles. The second-order valence-corrected chi connectivity index (χ2v) is 7.18. The molecule has 0 aliphatic carbocycles. The van der Waals surface area contributed by atoms with E-state index in [1.54, 1.807) is 30.5 Å².